The molecule has 0 aliphatic heterocycles. The van der Waals surface area contributed by atoms with E-state index in [0.29, 0.717) is 0 Å². The number of carbonyl (C=O) groups excluding carboxylic acids is 1. The van der Waals surface area contributed by atoms with Crippen molar-refractivity contribution in [3.8, 4) is 0 Å². The van der Waals surface area contributed by atoms with Crippen molar-refractivity contribution in [2.45, 2.75) is 6.04 Å². The van der Waals surface area contributed by atoms with E-state index >= 15 is 0 Å². The van der Waals surface area contributed by atoms with Crippen LogP contribution in [0.1, 0.15) is 17.2 Å². The first-order valence-electron chi connectivity index (χ1n) is 7.94. The zero-order valence-electron chi connectivity index (χ0n) is 13.8. The van der Waals surface area contributed by atoms with Crippen molar-refractivity contribution in [2.75, 3.05) is 12.0 Å². The third-order valence-corrected chi connectivity index (χ3v) is 4.64. The van der Waals surface area contributed by atoms with Crippen molar-refractivity contribution in [1.29, 1.82) is 0 Å². The number of anilines is 1. The summed E-state index contributed by atoms with van der Waals surface area (Å²) in [4.78, 5) is 14.4. The van der Waals surface area contributed by atoms with Crippen LogP contribution >= 0.6 is 15.9 Å². The Morgan fingerprint density at radius 1 is 0.840 bits per heavy atom. The molecule has 0 atom stereocenters. The zero-order valence-corrected chi connectivity index (χ0v) is 15.4. The first kappa shape index (κ1) is 17.2. The van der Waals surface area contributed by atoms with E-state index in [1.807, 2.05) is 84.9 Å². The topological polar surface area (TPSA) is 29.5 Å². The number of benzene rings is 3. The van der Waals surface area contributed by atoms with E-state index in [9.17, 15) is 4.79 Å². The van der Waals surface area contributed by atoms with E-state index in [-0.39, 0.29) is 6.04 Å². The second-order valence-corrected chi connectivity index (χ2v) is 6.37. The van der Waals surface area contributed by atoms with Crippen LogP contribution < -0.4 is 4.90 Å². The van der Waals surface area contributed by atoms with Gasteiger partial charge in [0.05, 0.1) is 18.8 Å². The van der Waals surface area contributed by atoms with Crippen LogP contribution in [0.3, 0.4) is 0 Å². The summed E-state index contributed by atoms with van der Waals surface area (Å²) in [5, 5.41) is 0. The summed E-state index contributed by atoms with van der Waals surface area (Å²) in [6.07, 6.45) is -0.412. The molecule has 0 heterocycles. The number of amides is 1. The molecule has 0 fully saturated rings. The lowest BCUT2D eigenvalue weighted by Gasteiger charge is -2.32. The summed E-state index contributed by atoms with van der Waals surface area (Å²) in [5.41, 5.74) is 2.77. The number of carbonyl (C=O) groups is 1. The van der Waals surface area contributed by atoms with Crippen molar-refractivity contribution in [1.82, 2.24) is 0 Å². The van der Waals surface area contributed by atoms with E-state index in [4.69, 9.17) is 4.74 Å². The molecule has 0 saturated carbocycles. The average Bonchev–Trinajstić information content (AvgIpc) is 2.67. The maximum atomic E-state index is 12.7. The van der Waals surface area contributed by atoms with Crippen LogP contribution in [0.4, 0.5) is 10.5 Å². The summed E-state index contributed by atoms with van der Waals surface area (Å²) in [7, 11) is 1.40. The predicted molar refractivity (Wildman–Crippen MR) is 104 cm³/mol. The van der Waals surface area contributed by atoms with Crippen molar-refractivity contribution in [3.63, 3.8) is 0 Å². The Morgan fingerprint density at radius 2 is 1.32 bits per heavy atom. The lowest BCUT2D eigenvalue weighted by molar-refractivity contribution is 0.177. The molecule has 0 unspecified atom stereocenters. The fourth-order valence-electron chi connectivity index (χ4n) is 2.85. The Morgan fingerprint density at radius 3 is 1.80 bits per heavy atom. The molecule has 25 heavy (non-hydrogen) atoms. The molecule has 3 rings (SSSR count). The van der Waals surface area contributed by atoms with Crippen molar-refractivity contribution in [2.24, 2.45) is 0 Å². The molecule has 1 amide bonds. The van der Waals surface area contributed by atoms with Gasteiger partial charge in [0.25, 0.3) is 0 Å². The van der Waals surface area contributed by atoms with Crippen LogP contribution in [0.2, 0.25) is 0 Å². The maximum Gasteiger partial charge on any atom is 0.414 e. The van der Waals surface area contributed by atoms with Gasteiger partial charge in [-0.05, 0) is 39.2 Å². The van der Waals surface area contributed by atoms with Crippen LogP contribution in [-0.4, -0.2) is 13.2 Å². The number of methoxy groups -OCH3 is 1. The smallest absolute Gasteiger partial charge is 0.414 e. The Labute approximate surface area is 156 Å². The molecule has 3 aromatic rings. The normalized spacial score (nSPS) is 10.5. The number of halogens is 1. The van der Waals surface area contributed by atoms with E-state index in [1.165, 1.54) is 7.11 Å². The third-order valence-electron chi connectivity index (χ3n) is 3.97. The Kier molecular flexibility index (Phi) is 5.51. The standard InChI is InChI=1S/C21H18BrNO2/c1-25-21(24)23(19-15-9-8-14-18(19)22)20(16-10-4-2-5-11-16)17-12-6-3-7-13-17/h2-15,20H,1H3. The number of hydrogen-bond acceptors (Lipinski definition) is 2. The zero-order chi connectivity index (χ0) is 17.6. The summed E-state index contributed by atoms with van der Waals surface area (Å²) >= 11 is 3.56. The van der Waals surface area contributed by atoms with Gasteiger partial charge in [-0.3, -0.25) is 4.90 Å². The van der Waals surface area contributed by atoms with Gasteiger partial charge >= 0.3 is 6.09 Å². The number of para-hydroxylation sites is 1. The average molecular weight is 396 g/mol. The number of hydrogen-bond donors (Lipinski definition) is 0. The predicted octanol–water partition coefficient (Wildman–Crippen LogP) is 5.81. The minimum absolute atomic E-state index is 0.298. The fourth-order valence-corrected chi connectivity index (χ4v) is 3.33. The quantitative estimate of drug-likeness (QED) is 0.557. The fraction of sp³-hybridized carbons (Fsp3) is 0.0952. The molecule has 0 N–H and O–H groups in total. The molecule has 4 heteroatoms. The molecular formula is C21H18BrNO2. The molecule has 3 aromatic carbocycles. The van der Waals surface area contributed by atoms with Crippen molar-refractivity contribution in [3.05, 3.63) is 101 Å². The van der Waals surface area contributed by atoms with Gasteiger partial charge in [0, 0.05) is 4.47 Å². The van der Waals surface area contributed by atoms with Crippen LogP contribution in [0, 0.1) is 0 Å². The van der Waals surface area contributed by atoms with E-state index < -0.39 is 6.09 Å². The highest BCUT2D eigenvalue weighted by Crippen LogP contribution is 2.37. The summed E-state index contributed by atoms with van der Waals surface area (Å²) in [5.74, 6) is 0. The van der Waals surface area contributed by atoms with E-state index in [2.05, 4.69) is 15.9 Å². The summed E-state index contributed by atoms with van der Waals surface area (Å²) in [6, 6.07) is 27.2. The molecular weight excluding hydrogens is 378 g/mol. The van der Waals surface area contributed by atoms with Gasteiger partial charge in [0.2, 0.25) is 0 Å². The lowest BCUT2D eigenvalue weighted by atomic mass is 9.96. The monoisotopic (exact) mass is 395 g/mol. The van der Waals surface area contributed by atoms with Crippen LogP contribution in [0.15, 0.2) is 89.4 Å². The number of nitrogens with zero attached hydrogens (tertiary/aromatic N) is 1. The van der Waals surface area contributed by atoms with Gasteiger partial charge in [0.1, 0.15) is 0 Å². The highest BCUT2D eigenvalue weighted by Gasteiger charge is 2.30. The van der Waals surface area contributed by atoms with Crippen LogP contribution in [-0.2, 0) is 4.74 Å². The first-order chi connectivity index (χ1) is 12.2. The van der Waals surface area contributed by atoms with Gasteiger partial charge in [-0.1, -0.05) is 72.8 Å². The van der Waals surface area contributed by atoms with Crippen LogP contribution in [0.5, 0.6) is 0 Å². The molecule has 0 spiro atoms. The van der Waals surface area contributed by atoms with Gasteiger partial charge in [-0.2, -0.15) is 0 Å². The van der Waals surface area contributed by atoms with Gasteiger partial charge < -0.3 is 4.74 Å². The second kappa shape index (κ2) is 7.99. The van der Waals surface area contributed by atoms with Gasteiger partial charge in [-0.25, -0.2) is 4.79 Å². The largest absolute Gasteiger partial charge is 0.452 e. The molecule has 0 bridgehead atoms. The summed E-state index contributed by atoms with van der Waals surface area (Å²) < 4.78 is 5.94. The molecule has 0 aliphatic rings. The minimum Gasteiger partial charge on any atom is -0.452 e. The van der Waals surface area contributed by atoms with Crippen LogP contribution in [0.25, 0.3) is 0 Å². The molecule has 0 saturated heterocycles. The maximum absolute atomic E-state index is 12.7. The molecule has 3 nitrogen and oxygen atoms in total. The molecule has 0 aliphatic carbocycles. The Hall–Kier alpha value is -2.59. The summed E-state index contributed by atoms with van der Waals surface area (Å²) in [6.45, 7) is 0. The van der Waals surface area contributed by atoms with Crippen molar-refractivity contribution >= 4 is 27.7 Å². The molecule has 126 valence electrons. The van der Waals surface area contributed by atoms with Crippen molar-refractivity contribution < 1.29 is 9.53 Å². The molecule has 0 aromatic heterocycles. The Bertz CT molecular complexity index is 797. The molecule has 0 radical (unpaired) electrons. The number of rotatable bonds is 4. The van der Waals surface area contributed by atoms with Gasteiger partial charge in [-0.15, -0.1) is 0 Å². The van der Waals surface area contributed by atoms with Gasteiger partial charge in [0.15, 0.2) is 0 Å². The number of ether oxygens (including phenoxy) is 1. The Balaban J connectivity index is 2.20. The SMILES string of the molecule is COC(=O)N(c1ccccc1Br)C(c1ccccc1)c1ccccc1. The van der Waals surface area contributed by atoms with E-state index in [0.717, 1.165) is 21.3 Å². The minimum atomic E-state index is -0.412. The first-order valence-corrected chi connectivity index (χ1v) is 8.73. The second-order valence-electron chi connectivity index (χ2n) is 5.52. The van der Waals surface area contributed by atoms with E-state index in [1.54, 1.807) is 4.90 Å². The lowest BCUT2D eigenvalue weighted by Crippen LogP contribution is -2.35. The highest BCUT2D eigenvalue weighted by atomic mass is 79.9. The third kappa shape index (κ3) is 3.74. The highest BCUT2D eigenvalue weighted by molar-refractivity contribution is 9.10.